The van der Waals surface area contributed by atoms with E-state index in [-0.39, 0.29) is 24.1 Å². The number of likely N-dealkylation sites (N-methyl/N-ethyl adjacent to an activating group) is 1. The van der Waals surface area contributed by atoms with Crippen molar-refractivity contribution in [3.05, 3.63) is 28.7 Å². The Morgan fingerprint density at radius 1 is 1.55 bits per heavy atom. The number of aromatic nitrogens is 1. The molecule has 2 heterocycles. The molecule has 1 unspecified atom stereocenters. The van der Waals surface area contributed by atoms with E-state index in [4.69, 9.17) is 10.5 Å². The largest absolute Gasteiger partial charge is 0.398 e. The lowest BCUT2D eigenvalue weighted by atomic mass is 10.3. The first-order chi connectivity index (χ1) is 9.54. The molecule has 0 aliphatic carbocycles. The second-order valence-corrected chi connectivity index (χ2v) is 4.99. The van der Waals surface area contributed by atoms with Crippen LogP contribution < -0.4 is 16.6 Å². The van der Waals surface area contributed by atoms with Gasteiger partial charge in [0.1, 0.15) is 6.54 Å². The van der Waals surface area contributed by atoms with Crippen molar-refractivity contribution in [2.24, 2.45) is 0 Å². The number of hydrogen-bond donors (Lipinski definition) is 2. The summed E-state index contributed by atoms with van der Waals surface area (Å²) < 4.78 is 6.84. The Kier molecular flexibility index (Phi) is 4.75. The molecule has 1 saturated heterocycles. The number of pyridine rings is 1. The van der Waals surface area contributed by atoms with Gasteiger partial charge in [-0.3, -0.25) is 9.59 Å². The van der Waals surface area contributed by atoms with Gasteiger partial charge in [-0.05, 0) is 13.1 Å². The SMILES string of the molecule is CN1CCOC(CNC(=O)Cn2cc(N)ccc2=O)C1. The van der Waals surface area contributed by atoms with Gasteiger partial charge < -0.3 is 25.3 Å². The minimum Gasteiger partial charge on any atom is -0.398 e. The highest BCUT2D eigenvalue weighted by Gasteiger charge is 2.18. The van der Waals surface area contributed by atoms with Crippen LogP contribution in [0.1, 0.15) is 0 Å². The van der Waals surface area contributed by atoms with Crippen molar-refractivity contribution >= 4 is 11.6 Å². The third-order valence-corrected chi connectivity index (χ3v) is 3.19. The standard InChI is InChI=1S/C13H20N4O3/c1-16-4-5-20-11(8-16)6-15-12(18)9-17-7-10(14)2-3-13(17)19/h2-3,7,11H,4-6,8-9,14H2,1H3,(H,15,18). The Morgan fingerprint density at radius 2 is 2.35 bits per heavy atom. The topological polar surface area (TPSA) is 89.6 Å². The summed E-state index contributed by atoms with van der Waals surface area (Å²) in [4.78, 5) is 25.5. The summed E-state index contributed by atoms with van der Waals surface area (Å²) >= 11 is 0. The molecule has 7 heteroatoms. The van der Waals surface area contributed by atoms with Crippen LogP contribution in [0.3, 0.4) is 0 Å². The van der Waals surface area contributed by atoms with Crippen LogP contribution in [-0.2, 0) is 16.1 Å². The number of nitrogens with zero attached hydrogens (tertiary/aromatic N) is 2. The fourth-order valence-corrected chi connectivity index (χ4v) is 2.10. The van der Waals surface area contributed by atoms with Crippen LogP contribution in [0, 0.1) is 0 Å². The molecular formula is C13H20N4O3. The number of ether oxygens (including phenoxy) is 1. The Balaban J connectivity index is 1.83. The normalized spacial score (nSPS) is 19.8. The van der Waals surface area contributed by atoms with Crippen molar-refractivity contribution in [3.63, 3.8) is 0 Å². The van der Waals surface area contributed by atoms with E-state index in [9.17, 15) is 9.59 Å². The summed E-state index contributed by atoms with van der Waals surface area (Å²) in [6.45, 7) is 2.78. The van der Waals surface area contributed by atoms with Gasteiger partial charge in [-0.2, -0.15) is 0 Å². The van der Waals surface area contributed by atoms with Crippen LogP contribution in [0.5, 0.6) is 0 Å². The van der Waals surface area contributed by atoms with Crippen LogP contribution in [0.15, 0.2) is 23.1 Å². The number of anilines is 1. The summed E-state index contributed by atoms with van der Waals surface area (Å²) in [6.07, 6.45) is 1.46. The zero-order valence-electron chi connectivity index (χ0n) is 11.5. The first-order valence-corrected chi connectivity index (χ1v) is 6.57. The molecule has 1 aliphatic rings. The molecule has 0 saturated carbocycles. The Labute approximate surface area is 117 Å². The third kappa shape index (κ3) is 4.07. The molecule has 0 spiro atoms. The van der Waals surface area contributed by atoms with E-state index in [1.54, 1.807) is 0 Å². The average molecular weight is 280 g/mol. The monoisotopic (exact) mass is 280 g/mol. The molecule has 1 amide bonds. The van der Waals surface area contributed by atoms with Gasteiger partial charge in [0, 0.05) is 37.6 Å². The number of carbonyl (C=O) groups excluding carboxylic acids is 1. The second kappa shape index (κ2) is 6.53. The van der Waals surface area contributed by atoms with Crippen molar-refractivity contribution in [2.75, 3.05) is 39.0 Å². The highest BCUT2D eigenvalue weighted by molar-refractivity contribution is 5.75. The Hall–Kier alpha value is -1.86. The van der Waals surface area contributed by atoms with Gasteiger partial charge in [-0.25, -0.2) is 0 Å². The molecule has 0 aromatic carbocycles. The van der Waals surface area contributed by atoms with E-state index in [1.165, 1.54) is 22.9 Å². The number of morpholine rings is 1. The molecule has 110 valence electrons. The summed E-state index contributed by atoms with van der Waals surface area (Å²) in [7, 11) is 2.02. The van der Waals surface area contributed by atoms with Gasteiger partial charge in [-0.15, -0.1) is 0 Å². The lowest BCUT2D eigenvalue weighted by Crippen LogP contribution is -2.46. The van der Waals surface area contributed by atoms with E-state index < -0.39 is 0 Å². The summed E-state index contributed by atoms with van der Waals surface area (Å²) in [5.74, 6) is -0.227. The fraction of sp³-hybridized carbons (Fsp3) is 0.538. The molecule has 1 aromatic heterocycles. The maximum absolute atomic E-state index is 11.8. The van der Waals surface area contributed by atoms with Crippen LogP contribution in [0.4, 0.5) is 5.69 Å². The van der Waals surface area contributed by atoms with Crippen LogP contribution in [-0.4, -0.2) is 54.8 Å². The van der Waals surface area contributed by atoms with Crippen LogP contribution in [0.2, 0.25) is 0 Å². The van der Waals surface area contributed by atoms with Gasteiger partial charge >= 0.3 is 0 Å². The predicted molar refractivity (Wildman–Crippen MR) is 75.4 cm³/mol. The molecule has 1 aromatic rings. The zero-order valence-corrected chi connectivity index (χ0v) is 11.5. The molecule has 1 atom stereocenters. The van der Waals surface area contributed by atoms with Gasteiger partial charge in [0.05, 0.1) is 12.7 Å². The Morgan fingerprint density at radius 3 is 3.10 bits per heavy atom. The van der Waals surface area contributed by atoms with Gasteiger partial charge in [0.25, 0.3) is 5.56 Å². The van der Waals surface area contributed by atoms with Crippen molar-refractivity contribution in [1.82, 2.24) is 14.8 Å². The zero-order chi connectivity index (χ0) is 14.5. The number of nitrogens with two attached hydrogens (primary N) is 1. The Bertz CT molecular complexity index is 529. The molecular weight excluding hydrogens is 260 g/mol. The maximum atomic E-state index is 11.8. The molecule has 7 nitrogen and oxygen atoms in total. The number of carbonyl (C=O) groups is 1. The number of nitrogen functional groups attached to an aromatic ring is 1. The minimum atomic E-state index is -0.247. The fourth-order valence-electron chi connectivity index (χ4n) is 2.10. The summed E-state index contributed by atoms with van der Waals surface area (Å²) in [5, 5.41) is 2.78. The quantitative estimate of drug-likeness (QED) is 0.729. The molecule has 1 aliphatic heterocycles. The van der Waals surface area contributed by atoms with E-state index >= 15 is 0 Å². The van der Waals surface area contributed by atoms with Gasteiger partial charge in [-0.1, -0.05) is 0 Å². The number of hydrogen-bond acceptors (Lipinski definition) is 5. The molecule has 1 fully saturated rings. The first-order valence-electron chi connectivity index (χ1n) is 6.57. The average Bonchev–Trinajstić information content (AvgIpc) is 2.41. The summed E-state index contributed by atoms with van der Waals surface area (Å²) in [5.41, 5.74) is 5.80. The number of nitrogens with one attached hydrogen (secondary N) is 1. The van der Waals surface area contributed by atoms with Crippen molar-refractivity contribution < 1.29 is 9.53 Å². The highest BCUT2D eigenvalue weighted by Crippen LogP contribution is 2.01. The van der Waals surface area contributed by atoms with E-state index in [2.05, 4.69) is 10.2 Å². The molecule has 0 radical (unpaired) electrons. The van der Waals surface area contributed by atoms with Crippen molar-refractivity contribution in [1.29, 1.82) is 0 Å². The predicted octanol–water partition coefficient (Wildman–Crippen LogP) is -1.12. The van der Waals surface area contributed by atoms with Gasteiger partial charge in [0.15, 0.2) is 0 Å². The summed E-state index contributed by atoms with van der Waals surface area (Å²) in [6, 6.07) is 2.87. The van der Waals surface area contributed by atoms with Crippen molar-refractivity contribution in [3.8, 4) is 0 Å². The highest BCUT2D eigenvalue weighted by atomic mass is 16.5. The molecule has 20 heavy (non-hydrogen) atoms. The molecule has 2 rings (SSSR count). The van der Waals surface area contributed by atoms with E-state index in [0.29, 0.717) is 18.8 Å². The molecule has 0 bridgehead atoms. The second-order valence-electron chi connectivity index (χ2n) is 4.99. The lowest BCUT2D eigenvalue weighted by Gasteiger charge is -2.30. The smallest absolute Gasteiger partial charge is 0.251 e. The first kappa shape index (κ1) is 14.5. The third-order valence-electron chi connectivity index (χ3n) is 3.19. The van der Waals surface area contributed by atoms with E-state index in [1.807, 2.05) is 7.05 Å². The van der Waals surface area contributed by atoms with E-state index in [0.717, 1.165) is 13.1 Å². The minimum absolute atomic E-state index is 0.00438. The maximum Gasteiger partial charge on any atom is 0.251 e. The lowest BCUT2D eigenvalue weighted by molar-refractivity contribution is -0.122. The van der Waals surface area contributed by atoms with Gasteiger partial charge in [0.2, 0.25) is 5.91 Å². The number of rotatable bonds is 4. The number of amides is 1. The van der Waals surface area contributed by atoms with Crippen LogP contribution in [0.25, 0.3) is 0 Å². The van der Waals surface area contributed by atoms with Crippen molar-refractivity contribution in [2.45, 2.75) is 12.6 Å². The molecule has 3 N–H and O–H groups in total. The van der Waals surface area contributed by atoms with Crippen LogP contribution >= 0.6 is 0 Å².